The first-order valence-corrected chi connectivity index (χ1v) is 9.75. The minimum Gasteiger partial charge on any atom is -0.389 e. The van der Waals surface area contributed by atoms with Gasteiger partial charge in [-0.25, -0.2) is 0 Å². The Hall–Kier alpha value is -1.98. The van der Waals surface area contributed by atoms with Gasteiger partial charge in [-0.1, -0.05) is 72.8 Å². The summed E-state index contributed by atoms with van der Waals surface area (Å²) in [5.74, 6) is 0. The van der Waals surface area contributed by atoms with Crippen molar-refractivity contribution in [1.82, 2.24) is 9.80 Å². The predicted octanol–water partition coefficient (Wildman–Crippen LogP) is 2.90. The monoisotopic (exact) mass is 366 g/mol. The maximum Gasteiger partial charge on any atom is 0.0900 e. The highest BCUT2D eigenvalue weighted by Crippen LogP contribution is 2.06. The Morgan fingerprint density at radius 1 is 0.889 bits per heavy atom. The molecule has 1 heterocycles. The second-order valence-corrected chi connectivity index (χ2v) is 7.07. The number of hydrogen-bond acceptors (Lipinski definition) is 4. The van der Waals surface area contributed by atoms with Gasteiger partial charge >= 0.3 is 0 Å². The zero-order valence-electron chi connectivity index (χ0n) is 15.9. The van der Waals surface area contributed by atoms with Gasteiger partial charge < -0.3 is 9.84 Å². The summed E-state index contributed by atoms with van der Waals surface area (Å²) in [5, 5.41) is 10.2. The zero-order chi connectivity index (χ0) is 18.7. The van der Waals surface area contributed by atoms with Crippen molar-refractivity contribution >= 4 is 6.08 Å². The molecule has 0 bridgehead atoms. The van der Waals surface area contributed by atoms with Crippen LogP contribution in [0.15, 0.2) is 66.7 Å². The van der Waals surface area contributed by atoms with Crippen molar-refractivity contribution < 1.29 is 9.84 Å². The molecule has 1 unspecified atom stereocenters. The molecule has 4 heteroatoms. The number of aliphatic hydroxyl groups excluding tert-OH is 1. The van der Waals surface area contributed by atoms with Gasteiger partial charge in [-0.15, -0.1) is 0 Å². The third-order valence-electron chi connectivity index (χ3n) is 4.83. The molecular formula is C23H30N2O2. The maximum absolute atomic E-state index is 10.2. The molecule has 4 nitrogen and oxygen atoms in total. The van der Waals surface area contributed by atoms with Crippen molar-refractivity contribution in [2.24, 2.45) is 0 Å². The topological polar surface area (TPSA) is 35.9 Å². The standard InChI is InChI=1S/C23H30N2O2/c26-23(20-27-19-22-10-5-2-6-11-22)18-25-16-14-24(15-17-25)13-7-12-21-8-3-1-4-9-21/h1-12,23,26H,13-20H2/b12-7-. The van der Waals surface area contributed by atoms with E-state index in [1.807, 2.05) is 36.4 Å². The number of β-amino-alcohol motifs (C(OH)–C–C–N with tert-alkyl or cyclic N) is 1. The molecule has 0 amide bonds. The summed E-state index contributed by atoms with van der Waals surface area (Å²) in [5.41, 5.74) is 2.39. The molecule has 0 saturated carbocycles. The van der Waals surface area contributed by atoms with Crippen molar-refractivity contribution in [3.8, 4) is 0 Å². The van der Waals surface area contributed by atoms with Crippen LogP contribution in [-0.2, 0) is 11.3 Å². The van der Waals surface area contributed by atoms with Crippen LogP contribution < -0.4 is 0 Å². The van der Waals surface area contributed by atoms with Crippen LogP contribution in [-0.4, -0.2) is 66.9 Å². The van der Waals surface area contributed by atoms with Gasteiger partial charge in [-0.3, -0.25) is 9.80 Å². The van der Waals surface area contributed by atoms with Crippen molar-refractivity contribution in [1.29, 1.82) is 0 Å². The molecule has 0 radical (unpaired) electrons. The second kappa shape index (κ2) is 11.0. The molecule has 2 aromatic carbocycles. The summed E-state index contributed by atoms with van der Waals surface area (Å²) in [6.07, 6.45) is 3.98. The third-order valence-corrected chi connectivity index (χ3v) is 4.83. The first kappa shape index (κ1) is 19.8. The number of rotatable bonds is 9. The maximum atomic E-state index is 10.2. The number of hydrogen-bond donors (Lipinski definition) is 1. The van der Waals surface area contributed by atoms with Crippen LogP contribution in [0.2, 0.25) is 0 Å². The normalized spacial score (nSPS) is 17.4. The molecule has 1 saturated heterocycles. The minimum absolute atomic E-state index is 0.384. The molecule has 0 aromatic heterocycles. The average molecular weight is 367 g/mol. The van der Waals surface area contributed by atoms with Gasteiger partial charge in [0, 0.05) is 39.3 Å². The molecule has 1 atom stereocenters. The van der Waals surface area contributed by atoms with Crippen LogP contribution in [0, 0.1) is 0 Å². The van der Waals surface area contributed by atoms with Gasteiger partial charge in [-0.2, -0.15) is 0 Å². The lowest BCUT2D eigenvalue weighted by atomic mass is 10.2. The highest BCUT2D eigenvalue weighted by molar-refractivity contribution is 5.48. The molecule has 2 aromatic rings. The molecular weight excluding hydrogens is 336 g/mol. The lowest BCUT2D eigenvalue weighted by molar-refractivity contribution is 0.00215. The quantitative estimate of drug-likeness (QED) is 0.740. The third kappa shape index (κ3) is 7.27. The van der Waals surface area contributed by atoms with Crippen LogP contribution in [0.3, 0.4) is 0 Å². The lowest BCUT2D eigenvalue weighted by Crippen LogP contribution is -2.49. The SMILES string of the molecule is OC(COCc1ccccc1)CN1CCN(C/C=C\c2ccccc2)CC1. The Kier molecular flexibility index (Phi) is 8.05. The fraction of sp³-hybridized carbons (Fsp3) is 0.391. The van der Waals surface area contributed by atoms with Crippen LogP contribution in [0.1, 0.15) is 11.1 Å². The molecule has 144 valence electrons. The molecule has 1 fully saturated rings. The minimum atomic E-state index is -0.432. The fourth-order valence-electron chi connectivity index (χ4n) is 3.29. The van der Waals surface area contributed by atoms with Crippen molar-refractivity contribution in [2.45, 2.75) is 12.7 Å². The molecule has 3 rings (SSSR count). The summed E-state index contributed by atoms with van der Waals surface area (Å²) < 4.78 is 5.64. The van der Waals surface area contributed by atoms with Gasteiger partial charge in [-0.05, 0) is 11.1 Å². The first-order chi connectivity index (χ1) is 13.3. The first-order valence-electron chi connectivity index (χ1n) is 9.75. The lowest BCUT2D eigenvalue weighted by Gasteiger charge is -2.35. The Morgan fingerprint density at radius 2 is 1.52 bits per heavy atom. The zero-order valence-corrected chi connectivity index (χ0v) is 15.9. The van der Waals surface area contributed by atoms with E-state index in [1.54, 1.807) is 0 Å². The summed E-state index contributed by atoms with van der Waals surface area (Å²) in [4.78, 5) is 4.78. The number of nitrogens with zero attached hydrogens (tertiary/aromatic N) is 2. The number of benzene rings is 2. The van der Waals surface area contributed by atoms with Crippen LogP contribution >= 0.6 is 0 Å². The molecule has 1 aliphatic heterocycles. The second-order valence-electron chi connectivity index (χ2n) is 7.07. The molecule has 27 heavy (non-hydrogen) atoms. The Morgan fingerprint density at radius 3 is 2.22 bits per heavy atom. The van der Waals surface area contributed by atoms with E-state index < -0.39 is 6.10 Å². The van der Waals surface area contributed by atoms with Crippen molar-refractivity contribution in [3.63, 3.8) is 0 Å². The van der Waals surface area contributed by atoms with Gasteiger partial charge in [0.1, 0.15) is 0 Å². The highest BCUT2D eigenvalue weighted by Gasteiger charge is 2.18. The van der Waals surface area contributed by atoms with Gasteiger partial charge in [0.25, 0.3) is 0 Å². The fourth-order valence-corrected chi connectivity index (χ4v) is 3.29. The van der Waals surface area contributed by atoms with E-state index in [-0.39, 0.29) is 0 Å². The van der Waals surface area contributed by atoms with Crippen LogP contribution in [0.25, 0.3) is 6.08 Å². The van der Waals surface area contributed by atoms with E-state index in [1.165, 1.54) is 5.56 Å². The van der Waals surface area contributed by atoms with E-state index in [2.05, 4.69) is 46.2 Å². The average Bonchev–Trinajstić information content (AvgIpc) is 2.71. The summed E-state index contributed by atoms with van der Waals surface area (Å²) >= 11 is 0. The van der Waals surface area contributed by atoms with Crippen LogP contribution in [0.4, 0.5) is 0 Å². The van der Waals surface area contributed by atoms with Crippen molar-refractivity contribution in [3.05, 3.63) is 77.9 Å². The largest absolute Gasteiger partial charge is 0.389 e. The molecule has 1 N–H and O–H groups in total. The van der Waals surface area contributed by atoms with E-state index in [0.29, 0.717) is 19.8 Å². The number of ether oxygens (including phenoxy) is 1. The molecule has 0 aliphatic carbocycles. The Balaban J connectivity index is 1.29. The van der Waals surface area contributed by atoms with Crippen LogP contribution in [0.5, 0.6) is 0 Å². The van der Waals surface area contributed by atoms with Gasteiger partial charge in [0.2, 0.25) is 0 Å². The molecule has 0 spiro atoms. The summed E-state index contributed by atoms with van der Waals surface area (Å²) in [7, 11) is 0. The van der Waals surface area contributed by atoms with E-state index in [0.717, 1.165) is 38.3 Å². The summed E-state index contributed by atoms with van der Waals surface area (Å²) in [6.45, 7) is 6.67. The van der Waals surface area contributed by atoms with E-state index >= 15 is 0 Å². The smallest absolute Gasteiger partial charge is 0.0900 e. The van der Waals surface area contributed by atoms with E-state index in [4.69, 9.17) is 4.74 Å². The highest BCUT2D eigenvalue weighted by atomic mass is 16.5. The van der Waals surface area contributed by atoms with E-state index in [9.17, 15) is 5.11 Å². The Bertz CT molecular complexity index is 667. The predicted molar refractivity (Wildman–Crippen MR) is 110 cm³/mol. The summed E-state index contributed by atoms with van der Waals surface area (Å²) in [6, 6.07) is 20.5. The van der Waals surface area contributed by atoms with Crippen molar-refractivity contribution in [2.75, 3.05) is 45.9 Å². The van der Waals surface area contributed by atoms with Gasteiger partial charge in [0.15, 0.2) is 0 Å². The number of aliphatic hydroxyl groups is 1. The molecule has 1 aliphatic rings. The Labute approximate surface area is 162 Å². The van der Waals surface area contributed by atoms with Gasteiger partial charge in [0.05, 0.1) is 19.3 Å². The number of piperazine rings is 1.